The van der Waals surface area contributed by atoms with Crippen molar-refractivity contribution in [1.82, 2.24) is 5.06 Å². The number of morpholine rings is 1. The Morgan fingerprint density at radius 3 is 2.47 bits per heavy atom. The Morgan fingerprint density at radius 1 is 1.21 bits per heavy atom. The second kappa shape index (κ2) is 8.10. The second-order valence-corrected chi connectivity index (χ2v) is 3.81. The summed E-state index contributed by atoms with van der Waals surface area (Å²) in [7, 11) is 0. The Kier molecular flexibility index (Phi) is 7.15. The van der Waals surface area contributed by atoms with Crippen molar-refractivity contribution >= 4 is 63.3 Å². The molecule has 0 aliphatic carbocycles. The van der Waals surface area contributed by atoms with Gasteiger partial charge in [0.25, 0.3) is 0 Å². The molecule has 1 aromatic rings. The summed E-state index contributed by atoms with van der Waals surface area (Å²) >= 11 is 0. The first-order chi connectivity index (χ1) is 8.66. The van der Waals surface area contributed by atoms with Crippen molar-refractivity contribution in [3.8, 4) is 0 Å². The Morgan fingerprint density at radius 2 is 1.84 bits per heavy atom. The van der Waals surface area contributed by atoms with E-state index in [1.54, 1.807) is 0 Å². The third kappa shape index (κ3) is 4.96. The van der Waals surface area contributed by atoms with E-state index in [1.165, 1.54) is 29.3 Å². The second-order valence-electron chi connectivity index (χ2n) is 3.81. The number of carboxylic acid groups (broad SMARTS) is 1. The molecule has 1 heterocycles. The number of nitrogens with zero attached hydrogens (tertiary/aromatic N) is 1. The van der Waals surface area contributed by atoms with Gasteiger partial charge < -0.3 is 14.7 Å². The molecule has 1 aliphatic rings. The van der Waals surface area contributed by atoms with Gasteiger partial charge in [-0.3, -0.25) is 0 Å². The van der Waals surface area contributed by atoms with Gasteiger partial charge in [0.2, 0.25) is 0 Å². The molecule has 0 bridgehead atoms. The first kappa shape index (κ1) is 16.8. The Labute approximate surface area is 153 Å². The average Bonchev–Trinajstić information content (AvgIpc) is 2.40. The molecule has 0 amide bonds. The van der Waals surface area contributed by atoms with Crippen LogP contribution in [0.2, 0.25) is 0 Å². The van der Waals surface area contributed by atoms with Crippen molar-refractivity contribution in [2.75, 3.05) is 26.3 Å². The molecule has 7 heteroatoms. The molecule has 0 radical (unpaired) electrons. The van der Waals surface area contributed by atoms with Gasteiger partial charge in [0.1, 0.15) is 0 Å². The summed E-state index contributed by atoms with van der Waals surface area (Å²) in [6.45, 7) is 2.07. The van der Waals surface area contributed by atoms with Gasteiger partial charge in [-0.2, -0.15) is 0 Å². The van der Waals surface area contributed by atoms with E-state index in [0.29, 0.717) is 26.3 Å². The molecule has 0 spiro atoms. The summed E-state index contributed by atoms with van der Waals surface area (Å²) in [5.74, 6) is -1.63. The van der Waals surface area contributed by atoms with E-state index < -0.39 is 11.9 Å². The summed E-state index contributed by atoms with van der Waals surface area (Å²) in [4.78, 5) is 27.7. The van der Waals surface area contributed by atoms with E-state index in [-0.39, 0.29) is 62.5 Å². The Bertz CT molecular complexity index is 459. The summed E-state index contributed by atoms with van der Waals surface area (Å²) in [6, 6.07) is 5.76. The van der Waals surface area contributed by atoms with Crippen LogP contribution in [0.1, 0.15) is 20.7 Å². The number of benzene rings is 1. The van der Waals surface area contributed by atoms with Gasteiger partial charge in [-0.1, -0.05) is 6.07 Å². The molecule has 1 N–H and O–H groups in total. The fourth-order valence-corrected chi connectivity index (χ4v) is 1.59. The molecule has 1 aliphatic heterocycles. The van der Waals surface area contributed by atoms with Crippen molar-refractivity contribution < 1.29 is 24.3 Å². The standard InChI is InChI=1S/C12H13NO5.K.H/c14-11(15)9-2-1-3-10(8-9)12(16)18-13-4-6-17-7-5-13;;/h1-3,8H,4-7H2,(H,14,15);;. The van der Waals surface area contributed by atoms with Gasteiger partial charge in [-0.15, -0.1) is 5.06 Å². The van der Waals surface area contributed by atoms with Crippen molar-refractivity contribution in [3.05, 3.63) is 35.4 Å². The van der Waals surface area contributed by atoms with Crippen LogP contribution < -0.4 is 0 Å². The van der Waals surface area contributed by atoms with E-state index in [0.717, 1.165) is 0 Å². The zero-order valence-corrected chi connectivity index (χ0v) is 9.67. The number of hydrogen-bond acceptors (Lipinski definition) is 5. The molecule has 6 nitrogen and oxygen atoms in total. The van der Waals surface area contributed by atoms with Crippen LogP contribution in [0.15, 0.2) is 24.3 Å². The number of carbonyl (C=O) groups is 2. The normalized spacial score (nSPS) is 15.4. The summed E-state index contributed by atoms with van der Waals surface area (Å²) in [5, 5.41) is 10.3. The molecule has 2 rings (SSSR count). The summed E-state index contributed by atoms with van der Waals surface area (Å²) in [6.07, 6.45) is 0. The monoisotopic (exact) mass is 291 g/mol. The predicted molar refractivity (Wildman–Crippen MR) is 68.4 cm³/mol. The average molecular weight is 291 g/mol. The van der Waals surface area contributed by atoms with Gasteiger partial charge in [0, 0.05) is 0 Å². The van der Waals surface area contributed by atoms with Crippen LogP contribution >= 0.6 is 0 Å². The molecular formula is C12H14KNO5. The van der Waals surface area contributed by atoms with Crippen molar-refractivity contribution in [1.29, 1.82) is 0 Å². The zero-order valence-electron chi connectivity index (χ0n) is 9.67. The molecule has 0 atom stereocenters. The summed E-state index contributed by atoms with van der Waals surface area (Å²) in [5.41, 5.74) is 0.285. The topological polar surface area (TPSA) is 76.1 Å². The van der Waals surface area contributed by atoms with Gasteiger partial charge in [0.05, 0.1) is 37.4 Å². The molecule has 0 aromatic heterocycles. The van der Waals surface area contributed by atoms with Crippen molar-refractivity contribution in [2.45, 2.75) is 0 Å². The van der Waals surface area contributed by atoms with Crippen LogP contribution in [-0.2, 0) is 9.57 Å². The van der Waals surface area contributed by atoms with E-state index in [4.69, 9.17) is 14.7 Å². The van der Waals surface area contributed by atoms with E-state index in [2.05, 4.69) is 0 Å². The SMILES string of the molecule is O=C(O)c1cccc(C(=O)ON2CCOCC2)c1.[KH]. The Hall–Kier alpha value is -0.284. The number of hydroxylamine groups is 2. The number of rotatable bonds is 3. The molecule has 98 valence electrons. The molecule has 1 fully saturated rings. The first-order valence-corrected chi connectivity index (χ1v) is 5.55. The van der Waals surface area contributed by atoms with Gasteiger partial charge in [-0.05, 0) is 18.2 Å². The number of aromatic carboxylic acids is 1. The molecular weight excluding hydrogens is 277 g/mol. The van der Waals surface area contributed by atoms with E-state index >= 15 is 0 Å². The van der Waals surface area contributed by atoms with Crippen LogP contribution in [0, 0.1) is 0 Å². The fourth-order valence-electron chi connectivity index (χ4n) is 1.59. The number of carboxylic acids is 1. The third-order valence-electron chi connectivity index (χ3n) is 2.53. The zero-order chi connectivity index (χ0) is 13.0. The predicted octanol–water partition coefficient (Wildman–Crippen LogP) is 0.140. The minimum absolute atomic E-state index is 0. The third-order valence-corrected chi connectivity index (χ3v) is 2.53. The van der Waals surface area contributed by atoms with E-state index in [9.17, 15) is 9.59 Å². The number of ether oxygens (including phenoxy) is 1. The molecule has 0 unspecified atom stereocenters. The van der Waals surface area contributed by atoms with Gasteiger partial charge in [0.15, 0.2) is 0 Å². The molecule has 1 saturated heterocycles. The van der Waals surface area contributed by atoms with Crippen LogP contribution in [-0.4, -0.2) is 99.8 Å². The van der Waals surface area contributed by atoms with Crippen LogP contribution in [0.3, 0.4) is 0 Å². The van der Waals surface area contributed by atoms with E-state index in [1.807, 2.05) is 0 Å². The van der Waals surface area contributed by atoms with Gasteiger partial charge in [-0.25, -0.2) is 9.59 Å². The fraction of sp³-hybridized carbons (Fsp3) is 0.333. The number of carbonyl (C=O) groups excluding carboxylic acids is 1. The van der Waals surface area contributed by atoms with Crippen LogP contribution in [0.25, 0.3) is 0 Å². The maximum absolute atomic E-state index is 11.8. The van der Waals surface area contributed by atoms with Crippen LogP contribution in [0.4, 0.5) is 0 Å². The molecule has 19 heavy (non-hydrogen) atoms. The minimum atomic E-state index is -1.07. The Balaban J connectivity index is 0.00000180. The summed E-state index contributed by atoms with van der Waals surface area (Å²) < 4.78 is 5.13. The quantitative estimate of drug-likeness (QED) is 0.798. The van der Waals surface area contributed by atoms with Crippen molar-refractivity contribution in [3.63, 3.8) is 0 Å². The number of hydrogen-bond donors (Lipinski definition) is 1. The van der Waals surface area contributed by atoms with Gasteiger partial charge >= 0.3 is 63.3 Å². The van der Waals surface area contributed by atoms with Crippen LogP contribution in [0.5, 0.6) is 0 Å². The maximum atomic E-state index is 11.8. The first-order valence-electron chi connectivity index (χ1n) is 5.55. The van der Waals surface area contributed by atoms with Crippen molar-refractivity contribution in [2.24, 2.45) is 0 Å². The molecule has 0 saturated carbocycles. The molecule has 1 aromatic carbocycles.